The van der Waals surface area contributed by atoms with Crippen molar-refractivity contribution in [2.45, 2.75) is 31.5 Å². The molecule has 4 aliphatic rings. The molecule has 0 saturated carbocycles. The Morgan fingerprint density at radius 3 is 2.52 bits per heavy atom. The molecule has 4 aliphatic heterocycles. The maximum Gasteiger partial charge on any atom is 0.240 e. The molecule has 1 N–H and O–H groups in total. The van der Waals surface area contributed by atoms with Gasteiger partial charge in [-0.3, -0.25) is 9.59 Å². The highest BCUT2D eigenvalue weighted by atomic mass is 16.5. The summed E-state index contributed by atoms with van der Waals surface area (Å²) in [6.07, 6.45) is 2.72. The molecule has 5 rings (SSSR count). The lowest BCUT2D eigenvalue weighted by atomic mass is 9.81. The molecule has 1 aromatic rings. The van der Waals surface area contributed by atoms with E-state index in [2.05, 4.69) is 5.32 Å². The van der Waals surface area contributed by atoms with Crippen molar-refractivity contribution in [3.05, 3.63) is 23.8 Å². The summed E-state index contributed by atoms with van der Waals surface area (Å²) in [4.78, 5) is 26.8. The zero-order valence-electron chi connectivity index (χ0n) is 11.5. The van der Waals surface area contributed by atoms with Gasteiger partial charge in [-0.1, -0.05) is 6.07 Å². The first-order valence-corrected chi connectivity index (χ1v) is 7.64. The number of nitrogens with one attached hydrogen (secondary N) is 1. The highest BCUT2D eigenvalue weighted by Crippen LogP contribution is 2.49. The third kappa shape index (κ3) is 1.39. The molecule has 4 unspecified atom stereocenters. The number of rotatable bonds is 1. The van der Waals surface area contributed by atoms with Crippen LogP contribution in [0.3, 0.4) is 0 Å². The van der Waals surface area contributed by atoms with Gasteiger partial charge in [-0.15, -0.1) is 0 Å². The van der Waals surface area contributed by atoms with Crippen LogP contribution in [-0.2, 0) is 20.7 Å². The van der Waals surface area contributed by atoms with Gasteiger partial charge in [0.1, 0.15) is 0 Å². The number of anilines is 2. The molecule has 0 aliphatic carbocycles. The molecule has 0 spiro atoms. The normalized spacial score (nSPS) is 36.1. The summed E-state index contributed by atoms with van der Waals surface area (Å²) in [6, 6.07) is 5.85. The molecule has 3 fully saturated rings. The molecule has 1 aromatic carbocycles. The second kappa shape index (κ2) is 3.85. The maximum atomic E-state index is 12.7. The van der Waals surface area contributed by atoms with E-state index in [4.69, 9.17) is 4.74 Å². The molecule has 21 heavy (non-hydrogen) atoms. The van der Waals surface area contributed by atoms with E-state index in [1.54, 1.807) is 0 Å². The molecular formula is C16H16N2O3. The van der Waals surface area contributed by atoms with Gasteiger partial charge >= 0.3 is 0 Å². The Labute approximate surface area is 122 Å². The zero-order chi connectivity index (χ0) is 14.1. The van der Waals surface area contributed by atoms with Gasteiger partial charge in [-0.05, 0) is 37.0 Å². The van der Waals surface area contributed by atoms with Crippen LogP contribution >= 0.6 is 0 Å². The van der Waals surface area contributed by atoms with Crippen molar-refractivity contribution in [1.82, 2.24) is 0 Å². The Kier molecular flexibility index (Phi) is 2.16. The lowest BCUT2D eigenvalue weighted by molar-refractivity contribution is -0.124. The number of amides is 2. The third-order valence-electron chi connectivity index (χ3n) is 5.35. The fourth-order valence-corrected chi connectivity index (χ4v) is 4.38. The topological polar surface area (TPSA) is 58.6 Å². The second-order valence-corrected chi connectivity index (χ2v) is 6.37. The molecule has 0 aromatic heterocycles. The number of imide groups is 1. The monoisotopic (exact) mass is 284 g/mol. The highest BCUT2D eigenvalue weighted by molar-refractivity contribution is 6.23. The van der Waals surface area contributed by atoms with Crippen molar-refractivity contribution in [3.8, 4) is 0 Å². The fraction of sp³-hybridized carbons (Fsp3) is 0.500. The largest absolute Gasteiger partial charge is 0.384 e. The zero-order valence-corrected chi connectivity index (χ0v) is 11.5. The second-order valence-electron chi connectivity index (χ2n) is 6.37. The van der Waals surface area contributed by atoms with Crippen molar-refractivity contribution in [2.75, 3.05) is 16.8 Å². The smallest absolute Gasteiger partial charge is 0.240 e. The number of carbonyl (C=O) groups excluding carboxylic acids is 2. The highest BCUT2D eigenvalue weighted by Gasteiger charge is 2.62. The van der Waals surface area contributed by atoms with E-state index in [0.29, 0.717) is 5.69 Å². The van der Waals surface area contributed by atoms with E-state index in [1.165, 1.54) is 10.5 Å². The molecule has 4 atom stereocenters. The van der Waals surface area contributed by atoms with E-state index in [1.807, 2.05) is 18.2 Å². The van der Waals surface area contributed by atoms with Crippen LogP contribution in [0.25, 0.3) is 0 Å². The van der Waals surface area contributed by atoms with Crippen LogP contribution in [0.5, 0.6) is 0 Å². The summed E-state index contributed by atoms with van der Waals surface area (Å²) >= 11 is 0. The van der Waals surface area contributed by atoms with Crippen LogP contribution in [0, 0.1) is 11.8 Å². The average Bonchev–Trinajstić information content (AvgIpc) is 3.22. The van der Waals surface area contributed by atoms with E-state index >= 15 is 0 Å². The Hall–Kier alpha value is -1.88. The molecule has 108 valence electrons. The van der Waals surface area contributed by atoms with E-state index < -0.39 is 0 Å². The first-order valence-electron chi connectivity index (χ1n) is 7.64. The summed E-state index contributed by atoms with van der Waals surface area (Å²) in [6.45, 7) is 0.921. The third-order valence-corrected chi connectivity index (χ3v) is 5.35. The van der Waals surface area contributed by atoms with Crippen molar-refractivity contribution >= 4 is 23.2 Å². The Bertz CT molecular complexity index is 643. The summed E-state index contributed by atoms with van der Waals surface area (Å²) in [5.41, 5.74) is 3.00. The molecule has 3 saturated heterocycles. The van der Waals surface area contributed by atoms with E-state index in [0.717, 1.165) is 31.5 Å². The van der Waals surface area contributed by atoms with E-state index in [-0.39, 0.29) is 35.9 Å². The van der Waals surface area contributed by atoms with Crippen LogP contribution in [0.4, 0.5) is 11.4 Å². The summed E-state index contributed by atoms with van der Waals surface area (Å²) in [5.74, 6) is -0.653. The standard InChI is InChI=1S/C16H16N2O3/c19-15-13-11-3-4-12(21-11)14(13)16(20)18(15)9-2-1-8-5-6-17-10(8)7-9/h1-2,7,11-14,17H,3-6H2. The molecule has 5 heteroatoms. The molecule has 4 heterocycles. The predicted molar refractivity (Wildman–Crippen MR) is 76.0 cm³/mol. The SMILES string of the molecule is O=C1C2C3CCC(O3)C2C(=O)N1c1ccc2c(c1)NCC2. The molecule has 2 amide bonds. The number of benzene rings is 1. The molecular weight excluding hydrogens is 268 g/mol. The van der Waals surface area contributed by atoms with Gasteiger partial charge in [-0.25, -0.2) is 4.90 Å². The van der Waals surface area contributed by atoms with Crippen LogP contribution in [0.1, 0.15) is 18.4 Å². The van der Waals surface area contributed by atoms with Gasteiger partial charge in [-0.2, -0.15) is 0 Å². The van der Waals surface area contributed by atoms with Crippen molar-refractivity contribution in [2.24, 2.45) is 11.8 Å². The van der Waals surface area contributed by atoms with Crippen LogP contribution in [0.15, 0.2) is 18.2 Å². The quantitative estimate of drug-likeness (QED) is 0.790. The molecule has 0 radical (unpaired) electrons. The minimum atomic E-state index is -0.252. The number of ether oxygens (including phenoxy) is 1. The Balaban J connectivity index is 1.55. The summed E-state index contributed by atoms with van der Waals surface area (Å²) in [5, 5.41) is 3.30. The van der Waals surface area contributed by atoms with Gasteiger partial charge in [0.05, 0.1) is 29.7 Å². The maximum absolute atomic E-state index is 12.7. The van der Waals surface area contributed by atoms with Gasteiger partial charge in [0.2, 0.25) is 11.8 Å². The first kappa shape index (κ1) is 11.7. The number of fused-ring (bicyclic) bond motifs is 6. The van der Waals surface area contributed by atoms with E-state index in [9.17, 15) is 9.59 Å². The number of nitrogens with zero attached hydrogens (tertiary/aromatic N) is 1. The summed E-state index contributed by atoms with van der Waals surface area (Å²) < 4.78 is 5.76. The Morgan fingerprint density at radius 1 is 1.10 bits per heavy atom. The number of hydrogen-bond acceptors (Lipinski definition) is 4. The van der Waals surface area contributed by atoms with Gasteiger partial charge in [0, 0.05) is 12.2 Å². The van der Waals surface area contributed by atoms with Crippen molar-refractivity contribution in [1.29, 1.82) is 0 Å². The minimum Gasteiger partial charge on any atom is -0.384 e. The lowest BCUT2D eigenvalue weighted by Crippen LogP contribution is -2.34. The van der Waals surface area contributed by atoms with Crippen LogP contribution in [0.2, 0.25) is 0 Å². The number of hydrogen-bond donors (Lipinski definition) is 1. The minimum absolute atomic E-state index is 0.0472. The van der Waals surface area contributed by atoms with Gasteiger partial charge in [0.25, 0.3) is 0 Å². The van der Waals surface area contributed by atoms with Crippen LogP contribution in [-0.4, -0.2) is 30.6 Å². The number of carbonyl (C=O) groups is 2. The first-order chi connectivity index (χ1) is 10.2. The fourth-order valence-electron chi connectivity index (χ4n) is 4.38. The van der Waals surface area contributed by atoms with Crippen molar-refractivity contribution < 1.29 is 14.3 Å². The predicted octanol–water partition coefficient (Wildman–Crippen LogP) is 1.32. The van der Waals surface area contributed by atoms with Gasteiger partial charge in [0.15, 0.2) is 0 Å². The van der Waals surface area contributed by atoms with Crippen molar-refractivity contribution in [3.63, 3.8) is 0 Å². The molecule has 2 bridgehead atoms. The van der Waals surface area contributed by atoms with Crippen LogP contribution < -0.4 is 10.2 Å². The average molecular weight is 284 g/mol. The lowest BCUT2D eigenvalue weighted by Gasteiger charge is -2.18. The molecule has 5 nitrogen and oxygen atoms in total. The van der Waals surface area contributed by atoms with Gasteiger partial charge < -0.3 is 10.1 Å². The summed E-state index contributed by atoms with van der Waals surface area (Å²) in [7, 11) is 0. The Morgan fingerprint density at radius 2 is 1.81 bits per heavy atom.